The lowest BCUT2D eigenvalue weighted by Crippen LogP contribution is -2.14. The molecule has 0 amide bonds. The van der Waals surface area contributed by atoms with E-state index in [2.05, 4.69) is 0 Å². The Morgan fingerprint density at radius 3 is 2.11 bits per heavy atom. The number of nitrogens with zero attached hydrogens (tertiary/aromatic N) is 2. The molecule has 0 heterocycles. The highest BCUT2D eigenvalue weighted by Gasteiger charge is 2.42. The van der Waals surface area contributed by atoms with E-state index in [9.17, 15) is 4.57 Å². The number of aryl methyl sites for hydroxylation is 1. The van der Waals surface area contributed by atoms with Crippen molar-refractivity contribution in [1.82, 2.24) is 0 Å². The van der Waals surface area contributed by atoms with Crippen LogP contribution in [-0.4, -0.2) is 14.2 Å². The molecule has 0 aliphatic carbocycles. The van der Waals surface area contributed by atoms with Gasteiger partial charge in [0.25, 0.3) is 0 Å². The van der Waals surface area contributed by atoms with Crippen LogP contribution >= 0.6 is 7.60 Å². The molecule has 0 aromatic heterocycles. The summed E-state index contributed by atoms with van der Waals surface area (Å²) in [5, 5.41) is 18.2. The second kappa shape index (κ2) is 6.50. The number of rotatable bonds is 5. The largest absolute Gasteiger partial charge is 0.339 e. The molecule has 0 fully saturated rings. The monoisotopic (exact) mass is 278 g/mol. The van der Waals surface area contributed by atoms with Crippen LogP contribution in [0.4, 0.5) is 0 Å². The second-order valence-electron chi connectivity index (χ2n) is 3.94. The lowest BCUT2D eigenvalue weighted by atomic mass is 9.97. The summed E-state index contributed by atoms with van der Waals surface area (Å²) in [4.78, 5) is 0. The molecule has 0 saturated carbocycles. The number of hydrogen-bond donors (Lipinski definition) is 0. The van der Waals surface area contributed by atoms with Gasteiger partial charge in [-0.05, 0) is 18.1 Å². The minimum Gasteiger partial charge on any atom is -0.311 e. The van der Waals surface area contributed by atoms with E-state index in [1.807, 2.05) is 31.2 Å². The maximum Gasteiger partial charge on any atom is 0.339 e. The van der Waals surface area contributed by atoms with Crippen molar-refractivity contribution in [1.29, 1.82) is 10.5 Å². The number of hydrogen-bond acceptors (Lipinski definition) is 5. The van der Waals surface area contributed by atoms with Gasteiger partial charge in [0.2, 0.25) is 0 Å². The Kier molecular flexibility index (Phi) is 5.27. The first-order valence-corrected chi connectivity index (χ1v) is 7.21. The molecule has 0 aliphatic heterocycles. The molecule has 1 rings (SSSR count). The molecule has 0 saturated heterocycles. The van der Waals surface area contributed by atoms with Gasteiger partial charge >= 0.3 is 7.60 Å². The summed E-state index contributed by atoms with van der Waals surface area (Å²) < 4.78 is 22.6. The van der Waals surface area contributed by atoms with E-state index in [4.69, 9.17) is 19.6 Å². The SMILES string of the molecule is COP(=O)(OC)C(c1ccccc1C)C(C#N)C#N. The van der Waals surface area contributed by atoms with E-state index in [0.29, 0.717) is 5.56 Å². The highest BCUT2D eigenvalue weighted by molar-refractivity contribution is 7.54. The molecule has 0 bridgehead atoms. The van der Waals surface area contributed by atoms with Crippen LogP contribution in [0.15, 0.2) is 24.3 Å². The first-order chi connectivity index (χ1) is 9.03. The quantitative estimate of drug-likeness (QED) is 0.772. The van der Waals surface area contributed by atoms with Crippen LogP contribution in [0.25, 0.3) is 0 Å². The fourth-order valence-corrected chi connectivity index (χ4v) is 3.66. The second-order valence-corrected chi connectivity index (χ2v) is 6.31. The zero-order valence-corrected chi connectivity index (χ0v) is 11.9. The Labute approximate surface area is 112 Å². The number of benzene rings is 1. The normalized spacial score (nSPS) is 12.7. The van der Waals surface area contributed by atoms with Crippen LogP contribution < -0.4 is 0 Å². The Morgan fingerprint density at radius 1 is 1.16 bits per heavy atom. The molecule has 1 atom stereocenters. The number of nitriles is 2. The van der Waals surface area contributed by atoms with Crippen LogP contribution in [0.5, 0.6) is 0 Å². The lowest BCUT2D eigenvalue weighted by Gasteiger charge is -2.26. The van der Waals surface area contributed by atoms with Crippen LogP contribution in [-0.2, 0) is 13.6 Å². The zero-order valence-electron chi connectivity index (χ0n) is 11.0. The fourth-order valence-electron chi connectivity index (χ4n) is 1.92. The predicted molar refractivity (Wildman–Crippen MR) is 70.3 cm³/mol. The molecule has 5 nitrogen and oxygen atoms in total. The highest BCUT2D eigenvalue weighted by Crippen LogP contribution is 2.63. The van der Waals surface area contributed by atoms with Crippen molar-refractivity contribution in [2.24, 2.45) is 5.92 Å². The molecule has 1 unspecified atom stereocenters. The minimum atomic E-state index is -3.57. The van der Waals surface area contributed by atoms with Gasteiger partial charge in [-0.25, -0.2) is 0 Å². The highest BCUT2D eigenvalue weighted by atomic mass is 31.2. The zero-order chi connectivity index (χ0) is 14.5. The first-order valence-electron chi connectivity index (χ1n) is 5.60. The molecular formula is C13H15N2O3P. The molecule has 0 aliphatic rings. The van der Waals surface area contributed by atoms with Crippen LogP contribution in [0.3, 0.4) is 0 Å². The predicted octanol–water partition coefficient (Wildman–Crippen LogP) is 3.19. The standard InChI is InChI=1S/C13H15N2O3P/c1-10-6-4-5-7-12(10)13(11(8-14)9-15)19(16,17-2)18-3/h4-7,11,13H,1-3H3. The average Bonchev–Trinajstić information content (AvgIpc) is 2.45. The summed E-state index contributed by atoms with van der Waals surface area (Å²) in [6.45, 7) is 1.82. The first kappa shape index (κ1) is 15.4. The van der Waals surface area contributed by atoms with Crippen molar-refractivity contribution in [2.75, 3.05) is 14.2 Å². The Bertz CT molecular complexity index is 552. The molecule has 0 spiro atoms. The van der Waals surface area contributed by atoms with Crippen molar-refractivity contribution in [2.45, 2.75) is 12.6 Å². The van der Waals surface area contributed by atoms with Crippen molar-refractivity contribution in [3.05, 3.63) is 35.4 Å². The van der Waals surface area contributed by atoms with E-state index in [-0.39, 0.29) is 0 Å². The van der Waals surface area contributed by atoms with E-state index < -0.39 is 19.2 Å². The third kappa shape index (κ3) is 3.03. The third-order valence-electron chi connectivity index (χ3n) is 2.95. The fraction of sp³-hybridized carbons (Fsp3) is 0.385. The molecule has 100 valence electrons. The van der Waals surface area contributed by atoms with Crippen molar-refractivity contribution < 1.29 is 13.6 Å². The molecule has 0 radical (unpaired) electrons. The lowest BCUT2D eigenvalue weighted by molar-refractivity contribution is 0.262. The smallest absolute Gasteiger partial charge is 0.311 e. The summed E-state index contributed by atoms with van der Waals surface area (Å²) in [6.07, 6.45) is 0. The van der Waals surface area contributed by atoms with E-state index >= 15 is 0 Å². The molecule has 1 aromatic rings. The van der Waals surface area contributed by atoms with Gasteiger partial charge in [-0.2, -0.15) is 10.5 Å². The Balaban J connectivity index is 3.46. The maximum atomic E-state index is 12.6. The van der Waals surface area contributed by atoms with Gasteiger partial charge < -0.3 is 9.05 Å². The molecule has 19 heavy (non-hydrogen) atoms. The Morgan fingerprint density at radius 2 is 1.68 bits per heavy atom. The summed E-state index contributed by atoms with van der Waals surface area (Å²) in [6, 6.07) is 10.9. The van der Waals surface area contributed by atoms with Crippen LogP contribution in [0, 0.1) is 35.5 Å². The third-order valence-corrected chi connectivity index (χ3v) is 5.23. The van der Waals surface area contributed by atoms with Gasteiger partial charge in [-0.15, -0.1) is 0 Å². The van der Waals surface area contributed by atoms with Crippen molar-refractivity contribution in [3.8, 4) is 12.1 Å². The van der Waals surface area contributed by atoms with E-state index in [0.717, 1.165) is 5.56 Å². The Hall–Kier alpha value is -1.65. The van der Waals surface area contributed by atoms with E-state index in [1.165, 1.54) is 14.2 Å². The van der Waals surface area contributed by atoms with Crippen LogP contribution in [0.1, 0.15) is 16.8 Å². The van der Waals surface area contributed by atoms with Gasteiger partial charge in [0.15, 0.2) is 5.92 Å². The molecule has 1 aromatic carbocycles. The summed E-state index contributed by atoms with van der Waals surface area (Å²) in [7, 11) is -1.07. The van der Waals surface area contributed by atoms with Gasteiger partial charge in [-0.1, -0.05) is 24.3 Å². The molecular weight excluding hydrogens is 263 g/mol. The van der Waals surface area contributed by atoms with Crippen LogP contribution in [0.2, 0.25) is 0 Å². The van der Waals surface area contributed by atoms with Gasteiger partial charge in [-0.3, -0.25) is 4.57 Å². The maximum absolute atomic E-state index is 12.6. The van der Waals surface area contributed by atoms with Gasteiger partial charge in [0, 0.05) is 14.2 Å². The van der Waals surface area contributed by atoms with Gasteiger partial charge in [0.05, 0.1) is 12.1 Å². The van der Waals surface area contributed by atoms with Crippen molar-refractivity contribution >= 4 is 7.60 Å². The summed E-state index contributed by atoms with van der Waals surface area (Å²) in [5.74, 6) is -1.10. The topological polar surface area (TPSA) is 83.1 Å². The molecule has 6 heteroatoms. The molecule has 0 N–H and O–H groups in total. The average molecular weight is 278 g/mol. The summed E-state index contributed by atoms with van der Waals surface area (Å²) in [5.41, 5.74) is 0.540. The van der Waals surface area contributed by atoms with Crippen molar-refractivity contribution in [3.63, 3.8) is 0 Å². The minimum absolute atomic E-state index is 0.627. The van der Waals surface area contributed by atoms with E-state index in [1.54, 1.807) is 12.1 Å². The van der Waals surface area contributed by atoms with Gasteiger partial charge in [0.1, 0.15) is 5.66 Å². The summed E-state index contributed by atoms with van der Waals surface area (Å²) >= 11 is 0.